The molecule has 0 aliphatic heterocycles. The van der Waals surface area contributed by atoms with Gasteiger partial charge in [0, 0.05) is 20.3 Å². The molecule has 7 heteroatoms. The zero-order chi connectivity index (χ0) is 10.1. The predicted molar refractivity (Wildman–Crippen MR) is 46.2 cm³/mol. The number of aliphatic hydroxyl groups excluding tert-OH is 1. The summed E-state index contributed by atoms with van der Waals surface area (Å²) in [7, 11) is -0.714. The average molecular weight is 205 g/mol. The Kier molecular flexibility index (Phi) is 2.69. The van der Waals surface area contributed by atoms with Crippen molar-refractivity contribution in [3.63, 3.8) is 0 Å². The van der Waals surface area contributed by atoms with Gasteiger partial charge in [-0.05, 0) is 6.07 Å². The van der Waals surface area contributed by atoms with Crippen LogP contribution in [0.2, 0.25) is 0 Å². The van der Waals surface area contributed by atoms with Crippen LogP contribution in [0.5, 0.6) is 0 Å². The third kappa shape index (κ3) is 1.87. The molecule has 0 aliphatic rings. The van der Waals surface area contributed by atoms with Gasteiger partial charge in [-0.25, -0.2) is 0 Å². The van der Waals surface area contributed by atoms with Gasteiger partial charge in [0.25, 0.3) is 0 Å². The van der Waals surface area contributed by atoms with E-state index >= 15 is 0 Å². The minimum atomic E-state index is -3.54. The summed E-state index contributed by atoms with van der Waals surface area (Å²) in [5.41, 5.74) is 0.324. The molecule has 0 aromatic carbocycles. The van der Waals surface area contributed by atoms with Gasteiger partial charge in [-0.1, -0.05) is 0 Å². The van der Waals surface area contributed by atoms with Gasteiger partial charge in [-0.3, -0.25) is 0 Å². The van der Waals surface area contributed by atoms with Crippen LogP contribution in [0.3, 0.4) is 0 Å². The summed E-state index contributed by atoms with van der Waals surface area (Å²) in [6.45, 7) is -0.268. The maximum atomic E-state index is 11.4. The largest absolute Gasteiger partial charge is 0.390 e. The number of aliphatic hydroxyl groups is 1. The van der Waals surface area contributed by atoms with E-state index in [9.17, 15) is 8.42 Å². The molecule has 0 amide bonds. The van der Waals surface area contributed by atoms with Crippen LogP contribution in [0.15, 0.2) is 12.3 Å². The van der Waals surface area contributed by atoms with Gasteiger partial charge in [0.2, 0.25) is 0 Å². The van der Waals surface area contributed by atoms with Crippen LogP contribution >= 0.6 is 0 Å². The summed E-state index contributed by atoms with van der Waals surface area (Å²) < 4.78 is 24.7. The molecule has 0 bridgehead atoms. The number of hydrogen-bond acceptors (Lipinski definition) is 4. The molecule has 0 spiro atoms. The molecule has 0 saturated heterocycles. The molecule has 0 fully saturated rings. The van der Waals surface area contributed by atoms with Crippen molar-refractivity contribution >= 4 is 10.2 Å². The Labute approximate surface area is 76.6 Å². The molecule has 1 aromatic rings. The summed E-state index contributed by atoms with van der Waals surface area (Å²) in [5, 5.41) is 12.3. The van der Waals surface area contributed by atoms with E-state index < -0.39 is 10.2 Å². The summed E-state index contributed by atoms with van der Waals surface area (Å²) in [6, 6.07) is 1.45. The van der Waals surface area contributed by atoms with Gasteiger partial charge >= 0.3 is 10.2 Å². The van der Waals surface area contributed by atoms with Crippen LogP contribution in [-0.4, -0.2) is 41.1 Å². The molecule has 0 saturated carbocycles. The van der Waals surface area contributed by atoms with E-state index in [0.717, 1.165) is 8.39 Å². The second-order valence-corrected chi connectivity index (χ2v) is 4.63. The van der Waals surface area contributed by atoms with Crippen molar-refractivity contribution in [2.24, 2.45) is 0 Å². The first-order valence-corrected chi connectivity index (χ1v) is 4.96. The number of aromatic nitrogens is 2. The third-order valence-corrected chi connectivity index (χ3v) is 3.08. The molecule has 0 unspecified atom stereocenters. The van der Waals surface area contributed by atoms with E-state index in [0.29, 0.717) is 5.69 Å². The van der Waals surface area contributed by atoms with Crippen LogP contribution in [0, 0.1) is 0 Å². The lowest BCUT2D eigenvalue weighted by atomic mass is 10.5. The van der Waals surface area contributed by atoms with E-state index in [1.54, 1.807) is 0 Å². The molecule has 1 heterocycles. The first kappa shape index (κ1) is 10.2. The van der Waals surface area contributed by atoms with E-state index in [1.807, 2.05) is 0 Å². The maximum Gasteiger partial charge on any atom is 0.322 e. The Bertz CT molecular complexity index is 382. The van der Waals surface area contributed by atoms with Crippen molar-refractivity contribution in [2.45, 2.75) is 6.61 Å². The predicted octanol–water partition coefficient (Wildman–Crippen LogP) is -0.970. The van der Waals surface area contributed by atoms with Crippen molar-refractivity contribution in [2.75, 3.05) is 14.1 Å². The fourth-order valence-corrected chi connectivity index (χ4v) is 1.48. The van der Waals surface area contributed by atoms with Gasteiger partial charge < -0.3 is 5.11 Å². The highest BCUT2D eigenvalue weighted by Crippen LogP contribution is 2.01. The first-order valence-electron chi connectivity index (χ1n) is 3.57. The Hall–Kier alpha value is -0.920. The van der Waals surface area contributed by atoms with Crippen molar-refractivity contribution in [3.8, 4) is 0 Å². The van der Waals surface area contributed by atoms with Gasteiger partial charge in [-0.15, -0.1) is 0 Å². The highest BCUT2D eigenvalue weighted by molar-refractivity contribution is 7.87. The fraction of sp³-hybridized carbons (Fsp3) is 0.500. The van der Waals surface area contributed by atoms with Gasteiger partial charge in [0.15, 0.2) is 0 Å². The minimum Gasteiger partial charge on any atom is -0.390 e. The lowest BCUT2D eigenvalue weighted by Gasteiger charge is -2.09. The second kappa shape index (κ2) is 3.44. The van der Waals surface area contributed by atoms with Crippen LogP contribution < -0.4 is 0 Å². The topological polar surface area (TPSA) is 75.4 Å². The molecule has 1 rings (SSSR count). The summed E-state index contributed by atoms with van der Waals surface area (Å²) in [6.07, 6.45) is 1.29. The Morgan fingerprint density at radius 1 is 1.62 bits per heavy atom. The lowest BCUT2D eigenvalue weighted by Crippen LogP contribution is -2.29. The van der Waals surface area contributed by atoms with Crippen LogP contribution in [0.4, 0.5) is 0 Å². The normalized spacial score (nSPS) is 12.3. The Morgan fingerprint density at radius 2 is 2.23 bits per heavy atom. The van der Waals surface area contributed by atoms with Crippen molar-refractivity contribution in [3.05, 3.63) is 18.0 Å². The minimum absolute atomic E-state index is 0.268. The molecule has 74 valence electrons. The number of rotatable bonds is 3. The van der Waals surface area contributed by atoms with E-state index in [-0.39, 0.29) is 6.61 Å². The molecule has 0 aliphatic carbocycles. The molecular weight excluding hydrogens is 194 g/mol. The summed E-state index contributed by atoms with van der Waals surface area (Å²) >= 11 is 0. The second-order valence-electron chi connectivity index (χ2n) is 2.63. The van der Waals surface area contributed by atoms with Crippen molar-refractivity contribution in [1.29, 1.82) is 0 Å². The summed E-state index contributed by atoms with van der Waals surface area (Å²) in [4.78, 5) is 0. The standard InChI is InChI=1S/C6H11N3O3S/c1-8(2)13(11,12)9-4-3-6(5-10)7-9/h3-4,10H,5H2,1-2H3. The highest BCUT2D eigenvalue weighted by atomic mass is 32.2. The molecule has 0 radical (unpaired) electrons. The zero-order valence-electron chi connectivity index (χ0n) is 7.38. The van der Waals surface area contributed by atoms with Crippen LogP contribution in [0.25, 0.3) is 0 Å². The first-order chi connectivity index (χ1) is 5.98. The smallest absolute Gasteiger partial charge is 0.322 e. The molecule has 1 aromatic heterocycles. The third-order valence-electron chi connectivity index (χ3n) is 1.48. The molecule has 0 atom stereocenters. The number of nitrogens with zero attached hydrogens (tertiary/aromatic N) is 3. The van der Waals surface area contributed by atoms with Gasteiger partial charge in [-0.2, -0.15) is 21.9 Å². The van der Waals surface area contributed by atoms with E-state index in [2.05, 4.69) is 5.10 Å². The maximum absolute atomic E-state index is 11.4. The molecule has 6 nitrogen and oxygen atoms in total. The van der Waals surface area contributed by atoms with E-state index in [4.69, 9.17) is 5.11 Å². The zero-order valence-corrected chi connectivity index (χ0v) is 8.19. The molecular formula is C6H11N3O3S. The van der Waals surface area contributed by atoms with Gasteiger partial charge in [0.05, 0.1) is 12.3 Å². The highest BCUT2D eigenvalue weighted by Gasteiger charge is 2.16. The summed E-state index contributed by atoms with van der Waals surface area (Å²) in [5.74, 6) is 0. The molecule has 1 N–H and O–H groups in total. The monoisotopic (exact) mass is 205 g/mol. The Morgan fingerprint density at radius 3 is 2.62 bits per heavy atom. The fourth-order valence-electron chi connectivity index (χ4n) is 0.723. The van der Waals surface area contributed by atoms with Gasteiger partial charge in [0.1, 0.15) is 0 Å². The average Bonchev–Trinajstić information content (AvgIpc) is 2.51. The van der Waals surface area contributed by atoms with Crippen LogP contribution in [0.1, 0.15) is 5.69 Å². The SMILES string of the molecule is CN(C)S(=O)(=O)n1ccc(CO)n1. The van der Waals surface area contributed by atoms with Crippen LogP contribution in [-0.2, 0) is 16.8 Å². The number of hydrogen-bond donors (Lipinski definition) is 1. The Balaban J connectivity index is 3.09. The van der Waals surface area contributed by atoms with Crippen molar-refractivity contribution < 1.29 is 13.5 Å². The lowest BCUT2D eigenvalue weighted by molar-refractivity contribution is 0.276. The molecule has 13 heavy (non-hydrogen) atoms. The van der Waals surface area contributed by atoms with E-state index in [1.165, 1.54) is 26.4 Å². The van der Waals surface area contributed by atoms with Crippen molar-refractivity contribution in [1.82, 2.24) is 13.5 Å². The quantitative estimate of drug-likeness (QED) is 0.689.